The number of thiazole rings is 1. The molecule has 7 heteroatoms. The monoisotopic (exact) mass is 376 g/mol. The molecule has 1 unspecified atom stereocenters. The Morgan fingerprint density at radius 2 is 1.88 bits per heavy atom. The van der Waals surface area contributed by atoms with E-state index in [1.807, 2.05) is 30.3 Å². The quantitative estimate of drug-likeness (QED) is 0.641. The van der Waals surface area contributed by atoms with E-state index in [0.29, 0.717) is 24.4 Å². The maximum absolute atomic E-state index is 13.1. The lowest BCUT2D eigenvalue weighted by molar-refractivity contribution is -0.712. The molecule has 0 bridgehead atoms. The minimum atomic E-state index is -1.04. The summed E-state index contributed by atoms with van der Waals surface area (Å²) in [6.45, 7) is 4.49. The van der Waals surface area contributed by atoms with Crippen LogP contribution < -0.4 is 4.57 Å². The Bertz CT molecular complexity index is 817. The van der Waals surface area contributed by atoms with Crippen LogP contribution >= 0.6 is 11.3 Å². The van der Waals surface area contributed by atoms with Crippen molar-refractivity contribution >= 4 is 23.3 Å². The lowest BCUT2D eigenvalue weighted by Gasteiger charge is -2.30. The first kappa shape index (κ1) is 18.4. The van der Waals surface area contributed by atoms with Gasteiger partial charge in [-0.2, -0.15) is 4.57 Å². The SMILES string of the molecule is CCOC(=O)c1sc2[n+](c1O)CCCC2(C(=O)OCC)c1ccccc1. The third-order valence-electron chi connectivity index (χ3n) is 4.55. The van der Waals surface area contributed by atoms with Gasteiger partial charge in [0.25, 0.3) is 5.01 Å². The summed E-state index contributed by atoms with van der Waals surface area (Å²) in [4.78, 5) is 25.4. The summed E-state index contributed by atoms with van der Waals surface area (Å²) >= 11 is 1.10. The first-order chi connectivity index (χ1) is 12.6. The molecule has 1 aliphatic rings. The van der Waals surface area contributed by atoms with Crippen molar-refractivity contribution in [1.82, 2.24) is 0 Å². The lowest BCUT2D eigenvalue weighted by Crippen LogP contribution is -2.53. The molecule has 138 valence electrons. The van der Waals surface area contributed by atoms with Crippen LogP contribution in [0.15, 0.2) is 30.3 Å². The average molecular weight is 376 g/mol. The summed E-state index contributed by atoms with van der Waals surface area (Å²) in [5.74, 6) is -1.09. The number of ether oxygens (including phenoxy) is 2. The summed E-state index contributed by atoms with van der Waals surface area (Å²) in [6, 6.07) is 9.39. The van der Waals surface area contributed by atoms with Crippen molar-refractivity contribution in [3.05, 3.63) is 45.8 Å². The van der Waals surface area contributed by atoms with Gasteiger partial charge in [0.05, 0.1) is 13.2 Å². The molecule has 0 saturated carbocycles. The molecule has 1 N–H and O–H groups in total. The van der Waals surface area contributed by atoms with E-state index in [-0.39, 0.29) is 29.9 Å². The number of benzene rings is 1. The second-order valence-electron chi connectivity index (χ2n) is 6.03. The highest BCUT2D eigenvalue weighted by atomic mass is 32.1. The van der Waals surface area contributed by atoms with Gasteiger partial charge in [0.15, 0.2) is 12.0 Å². The van der Waals surface area contributed by atoms with Gasteiger partial charge in [-0.05, 0) is 25.8 Å². The van der Waals surface area contributed by atoms with Crippen LogP contribution in [0.25, 0.3) is 0 Å². The maximum Gasteiger partial charge on any atom is 0.392 e. The van der Waals surface area contributed by atoms with Crippen LogP contribution in [0.1, 0.15) is 46.9 Å². The molecule has 0 fully saturated rings. The highest BCUT2D eigenvalue weighted by Gasteiger charge is 2.55. The lowest BCUT2D eigenvalue weighted by atomic mass is 9.75. The van der Waals surface area contributed by atoms with Crippen molar-refractivity contribution < 1.29 is 28.7 Å². The van der Waals surface area contributed by atoms with Crippen LogP contribution in [-0.2, 0) is 26.2 Å². The van der Waals surface area contributed by atoms with E-state index in [2.05, 4.69) is 0 Å². The van der Waals surface area contributed by atoms with Crippen LogP contribution in [0.5, 0.6) is 5.88 Å². The summed E-state index contributed by atoms with van der Waals surface area (Å²) in [6.07, 6.45) is 1.23. The third kappa shape index (κ3) is 2.86. The highest BCUT2D eigenvalue weighted by Crippen LogP contribution is 2.44. The fraction of sp³-hybridized carbons (Fsp3) is 0.421. The molecule has 2 aromatic rings. The molecule has 0 radical (unpaired) electrons. The molecular formula is C19H22NO5S+. The number of nitrogens with zero attached hydrogens (tertiary/aromatic N) is 1. The van der Waals surface area contributed by atoms with Crippen molar-refractivity contribution in [1.29, 1.82) is 0 Å². The van der Waals surface area contributed by atoms with Gasteiger partial charge in [-0.25, -0.2) is 4.79 Å². The minimum Gasteiger partial charge on any atom is -0.465 e. The van der Waals surface area contributed by atoms with Crippen LogP contribution in [0.2, 0.25) is 0 Å². The highest BCUT2D eigenvalue weighted by molar-refractivity contribution is 7.13. The number of carbonyl (C=O) groups excluding carboxylic acids is 2. The number of rotatable bonds is 5. The van der Waals surface area contributed by atoms with Gasteiger partial charge < -0.3 is 14.6 Å². The van der Waals surface area contributed by atoms with Crippen molar-refractivity contribution in [2.24, 2.45) is 0 Å². The molecule has 3 rings (SSSR count). The van der Waals surface area contributed by atoms with Gasteiger partial charge in [0.1, 0.15) is 0 Å². The summed E-state index contributed by atoms with van der Waals surface area (Å²) in [5, 5.41) is 11.2. The fourth-order valence-electron chi connectivity index (χ4n) is 3.43. The summed E-state index contributed by atoms with van der Waals surface area (Å²) in [7, 11) is 0. The standard InChI is InChI=1S/C19H21NO5S/c1-3-24-16(22)14-15(21)20-12-8-11-19(17(20)26-14,18(23)25-4-2)13-9-6-5-7-10-13/h5-7,9-10H,3-4,8,11-12H2,1-2H3/p+1. The molecule has 0 saturated heterocycles. The number of hydrogen-bond donors (Lipinski definition) is 1. The van der Waals surface area contributed by atoms with E-state index >= 15 is 0 Å². The Hall–Kier alpha value is -2.41. The van der Waals surface area contributed by atoms with Crippen LogP contribution in [0.3, 0.4) is 0 Å². The third-order valence-corrected chi connectivity index (χ3v) is 5.87. The van der Waals surface area contributed by atoms with Gasteiger partial charge in [-0.3, -0.25) is 4.79 Å². The molecule has 1 atom stereocenters. The zero-order valence-corrected chi connectivity index (χ0v) is 15.7. The van der Waals surface area contributed by atoms with E-state index in [1.165, 1.54) is 0 Å². The largest absolute Gasteiger partial charge is 0.465 e. The van der Waals surface area contributed by atoms with Crippen molar-refractivity contribution in [2.75, 3.05) is 13.2 Å². The average Bonchev–Trinajstić information content (AvgIpc) is 3.00. The number of aromatic nitrogens is 1. The molecule has 6 nitrogen and oxygen atoms in total. The first-order valence-electron chi connectivity index (χ1n) is 8.72. The van der Waals surface area contributed by atoms with Crippen LogP contribution in [0, 0.1) is 0 Å². The van der Waals surface area contributed by atoms with E-state index < -0.39 is 11.4 Å². The number of carbonyl (C=O) groups is 2. The van der Waals surface area contributed by atoms with Crippen LogP contribution in [-0.4, -0.2) is 30.3 Å². The molecule has 2 heterocycles. The van der Waals surface area contributed by atoms with E-state index in [0.717, 1.165) is 16.9 Å². The van der Waals surface area contributed by atoms with E-state index in [9.17, 15) is 14.7 Å². The Morgan fingerprint density at radius 1 is 1.19 bits per heavy atom. The summed E-state index contributed by atoms with van der Waals surface area (Å²) in [5.41, 5.74) is -0.244. The predicted molar refractivity (Wildman–Crippen MR) is 95.2 cm³/mol. The van der Waals surface area contributed by atoms with Crippen molar-refractivity contribution in [3.8, 4) is 5.88 Å². The molecule has 1 aliphatic heterocycles. The van der Waals surface area contributed by atoms with Crippen molar-refractivity contribution in [2.45, 2.75) is 38.6 Å². The topological polar surface area (TPSA) is 76.7 Å². The molecular weight excluding hydrogens is 354 g/mol. The molecule has 1 aromatic carbocycles. The molecule has 0 amide bonds. The smallest absolute Gasteiger partial charge is 0.392 e. The normalized spacial score (nSPS) is 18.8. The second-order valence-corrected chi connectivity index (χ2v) is 7.03. The Morgan fingerprint density at radius 3 is 2.54 bits per heavy atom. The Labute approximate surface area is 156 Å². The molecule has 0 spiro atoms. The van der Waals surface area contributed by atoms with Gasteiger partial charge >= 0.3 is 17.8 Å². The predicted octanol–water partition coefficient (Wildman–Crippen LogP) is 2.56. The number of hydrogen-bond acceptors (Lipinski definition) is 6. The van der Waals surface area contributed by atoms with E-state index in [4.69, 9.17) is 9.47 Å². The Balaban J connectivity index is 2.22. The molecule has 0 aliphatic carbocycles. The second kappa shape index (κ2) is 7.45. The van der Waals surface area contributed by atoms with Gasteiger partial charge in [0.2, 0.25) is 4.88 Å². The maximum atomic E-state index is 13.1. The first-order valence-corrected chi connectivity index (χ1v) is 9.53. The minimum absolute atomic E-state index is 0.119. The molecule has 26 heavy (non-hydrogen) atoms. The van der Waals surface area contributed by atoms with Gasteiger partial charge in [-0.1, -0.05) is 41.7 Å². The fourth-order valence-corrected chi connectivity index (χ4v) is 4.73. The van der Waals surface area contributed by atoms with Gasteiger partial charge in [0, 0.05) is 6.42 Å². The summed E-state index contributed by atoms with van der Waals surface area (Å²) < 4.78 is 12.1. The molecule has 1 aromatic heterocycles. The number of fused-ring (bicyclic) bond motifs is 1. The van der Waals surface area contributed by atoms with E-state index in [1.54, 1.807) is 18.4 Å². The Kier molecular flexibility index (Phi) is 5.27. The van der Waals surface area contributed by atoms with Crippen molar-refractivity contribution in [3.63, 3.8) is 0 Å². The van der Waals surface area contributed by atoms with Crippen LogP contribution in [0.4, 0.5) is 0 Å². The number of esters is 2. The zero-order valence-electron chi connectivity index (χ0n) is 14.9. The van der Waals surface area contributed by atoms with Gasteiger partial charge in [-0.15, -0.1) is 0 Å². The zero-order chi connectivity index (χ0) is 18.7. The number of aromatic hydroxyl groups is 1.